The third-order valence-electron chi connectivity index (χ3n) is 6.29. The first-order valence-electron chi connectivity index (χ1n) is 11.4. The predicted molar refractivity (Wildman–Crippen MR) is 135 cm³/mol. The number of anilines is 1. The van der Waals surface area contributed by atoms with E-state index in [2.05, 4.69) is 15.3 Å². The van der Waals surface area contributed by atoms with Gasteiger partial charge < -0.3 is 14.5 Å². The Morgan fingerprint density at radius 2 is 1.67 bits per heavy atom. The zero-order valence-corrected chi connectivity index (χ0v) is 19.9. The van der Waals surface area contributed by atoms with Crippen molar-refractivity contribution in [3.8, 4) is 11.6 Å². The third kappa shape index (κ3) is 4.31. The fourth-order valence-electron chi connectivity index (χ4n) is 4.64. The molecule has 1 N–H and O–H groups in total. The quantitative estimate of drug-likeness (QED) is 0.532. The van der Waals surface area contributed by atoms with Crippen molar-refractivity contribution in [1.82, 2.24) is 20.2 Å². The second-order valence-corrected chi connectivity index (χ2v) is 10.1. The lowest BCUT2D eigenvalue weighted by Crippen LogP contribution is -2.73. The van der Waals surface area contributed by atoms with Crippen LogP contribution in [-0.2, 0) is 4.79 Å². The smallest absolute Gasteiger partial charge is 0.290 e. The van der Waals surface area contributed by atoms with Crippen molar-refractivity contribution in [1.29, 1.82) is 0 Å². The van der Waals surface area contributed by atoms with E-state index in [0.717, 1.165) is 11.8 Å². The maximum atomic E-state index is 12.7. The van der Waals surface area contributed by atoms with Gasteiger partial charge in [0.2, 0.25) is 11.8 Å². The molecule has 10 heteroatoms. The molecule has 1 aromatic heterocycles. The van der Waals surface area contributed by atoms with Crippen molar-refractivity contribution in [2.75, 3.05) is 31.1 Å². The van der Waals surface area contributed by atoms with Gasteiger partial charge in [0.25, 0.3) is 17.1 Å². The first kappa shape index (κ1) is 22.3. The second-order valence-electron chi connectivity index (χ2n) is 9.08. The number of ether oxygens (including phenoxy) is 1. The summed E-state index contributed by atoms with van der Waals surface area (Å²) in [6.45, 7) is 2.80. The lowest BCUT2D eigenvalue weighted by atomic mass is 9.72. The van der Waals surface area contributed by atoms with Crippen molar-refractivity contribution in [3.05, 3.63) is 82.9 Å². The van der Waals surface area contributed by atoms with Gasteiger partial charge in [-0.1, -0.05) is 36.4 Å². The third-order valence-corrected chi connectivity index (χ3v) is 7.10. The zero-order chi connectivity index (χ0) is 24.7. The zero-order valence-electron chi connectivity index (χ0n) is 19.1. The molecule has 3 aromatic rings. The number of hydrogen-bond donors (Lipinski definition) is 1. The van der Waals surface area contributed by atoms with Crippen molar-refractivity contribution in [2.24, 2.45) is 5.41 Å². The Kier molecular flexibility index (Phi) is 5.45. The summed E-state index contributed by atoms with van der Waals surface area (Å²) in [5.74, 6) is 1.03. The molecule has 0 atom stereocenters. The van der Waals surface area contributed by atoms with E-state index in [0.29, 0.717) is 55.0 Å². The minimum absolute atomic E-state index is 0.0241. The van der Waals surface area contributed by atoms with Crippen LogP contribution in [0.25, 0.3) is 6.08 Å². The van der Waals surface area contributed by atoms with Gasteiger partial charge in [0.1, 0.15) is 5.75 Å². The van der Waals surface area contributed by atoms with Crippen LogP contribution < -0.4 is 15.0 Å². The summed E-state index contributed by atoms with van der Waals surface area (Å²) in [5, 5.41) is 1.84. The van der Waals surface area contributed by atoms with Crippen LogP contribution in [0.4, 0.5) is 10.7 Å². The summed E-state index contributed by atoms with van der Waals surface area (Å²) in [6, 6.07) is 20.2. The number of likely N-dealkylation sites (tertiary alicyclic amines) is 1. The Morgan fingerprint density at radius 3 is 2.33 bits per heavy atom. The minimum Gasteiger partial charge on any atom is -0.439 e. The van der Waals surface area contributed by atoms with Crippen molar-refractivity contribution in [2.45, 2.75) is 0 Å². The molecule has 0 radical (unpaired) electrons. The molecule has 36 heavy (non-hydrogen) atoms. The number of para-hydroxylation sites is 1. The highest BCUT2D eigenvalue weighted by Gasteiger charge is 2.54. The van der Waals surface area contributed by atoms with E-state index in [1.54, 1.807) is 12.1 Å². The van der Waals surface area contributed by atoms with Crippen LogP contribution in [0.5, 0.6) is 11.6 Å². The van der Waals surface area contributed by atoms with Crippen LogP contribution in [0.15, 0.2) is 71.6 Å². The van der Waals surface area contributed by atoms with Crippen LogP contribution in [0, 0.1) is 5.41 Å². The summed E-state index contributed by atoms with van der Waals surface area (Å²) in [5.41, 5.74) is 1.19. The average Bonchev–Trinajstić information content (AvgIpc) is 3.14. The van der Waals surface area contributed by atoms with E-state index in [-0.39, 0.29) is 16.2 Å². The standard InChI is InChI=1S/C26H21N5O4S/c32-22-20(36-25(34)29-22)11-18-12-21(35-19-9-5-2-6-10-19)28-24(27-18)31-15-26(16-31)13-30(14-26)23(33)17-7-3-1-4-8-17/h1-12H,13-16H2,(H,29,32,34)/b20-11-. The van der Waals surface area contributed by atoms with Crippen LogP contribution >= 0.6 is 11.8 Å². The molecular formula is C26H21N5O4S. The van der Waals surface area contributed by atoms with Gasteiger partial charge in [0, 0.05) is 43.2 Å². The number of amides is 3. The fraction of sp³-hybridized carbons (Fsp3) is 0.192. The number of nitrogens with one attached hydrogen (secondary N) is 1. The van der Waals surface area contributed by atoms with Crippen LogP contribution in [0.3, 0.4) is 0 Å². The first-order valence-corrected chi connectivity index (χ1v) is 12.2. The molecule has 9 nitrogen and oxygen atoms in total. The predicted octanol–water partition coefficient (Wildman–Crippen LogP) is 3.56. The number of carbonyl (C=O) groups excluding carboxylic acids is 3. The Morgan fingerprint density at radius 1 is 0.972 bits per heavy atom. The van der Waals surface area contributed by atoms with E-state index in [9.17, 15) is 14.4 Å². The average molecular weight is 500 g/mol. The highest BCUT2D eigenvalue weighted by atomic mass is 32.2. The number of carbonyl (C=O) groups is 3. The fourth-order valence-corrected chi connectivity index (χ4v) is 5.30. The van der Waals surface area contributed by atoms with Gasteiger partial charge in [-0.2, -0.15) is 4.98 Å². The molecule has 3 fully saturated rings. The Bertz CT molecular complexity index is 1380. The van der Waals surface area contributed by atoms with E-state index in [4.69, 9.17) is 4.74 Å². The summed E-state index contributed by atoms with van der Waals surface area (Å²) < 4.78 is 5.95. The van der Waals surface area contributed by atoms with Crippen molar-refractivity contribution >= 4 is 40.8 Å². The van der Waals surface area contributed by atoms with Gasteiger partial charge in [-0.15, -0.1) is 0 Å². The lowest BCUT2D eigenvalue weighted by molar-refractivity contribution is -0.115. The van der Waals surface area contributed by atoms with Crippen molar-refractivity contribution in [3.63, 3.8) is 0 Å². The molecule has 0 bridgehead atoms. The lowest BCUT2D eigenvalue weighted by Gasteiger charge is -2.60. The monoisotopic (exact) mass is 499 g/mol. The number of imide groups is 1. The van der Waals surface area contributed by atoms with Crippen LogP contribution in [-0.4, -0.2) is 58.1 Å². The molecule has 6 rings (SSSR count). The Balaban J connectivity index is 1.20. The normalized spacial score (nSPS) is 19.2. The van der Waals surface area contributed by atoms with Gasteiger partial charge >= 0.3 is 0 Å². The number of benzene rings is 2. The number of aromatic nitrogens is 2. The summed E-state index contributed by atoms with van der Waals surface area (Å²) in [6.07, 6.45) is 1.56. The highest BCUT2D eigenvalue weighted by Crippen LogP contribution is 2.42. The van der Waals surface area contributed by atoms with E-state index in [1.807, 2.05) is 70.5 Å². The maximum absolute atomic E-state index is 12.7. The molecule has 3 amide bonds. The van der Waals surface area contributed by atoms with Crippen LogP contribution in [0.2, 0.25) is 0 Å². The number of nitrogens with zero attached hydrogens (tertiary/aromatic N) is 4. The van der Waals surface area contributed by atoms with Gasteiger partial charge in [-0.3, -0.25) is 19.7 Å². The molecular weight excluding hydrogens is 478 g/mol. The highest BCUT2D eigenvalue weighted by molar-refractivity contribution is 8.18. The Labute approximate surface area is 211 Å². The molecule has 0 aliphatic carbocycles. The van der Waals surface area contributed by atoms with E-state index in [1.165, 1.54) is 0 Å². The molecule has 2 aromatic carbocycles. The molecule has 3 aliphatic rings. The van der Waals surface area contributed by atoms with Crippen LogP contribution in [0.1, 0.15) is 16.1 Å². The molecule has 0 saturated carbocycles. The molecule has 3 aliphatic heterocycles. The first-order chi connectivity index (χ1) is 17.5. The van der Waals surface area contributed by atoms with Gasteiger partial charge in [-0.25, -0.2) is 4.98 Å². The number of thioether (sulfide) groups is 1. The largest absolute Gasteiger partial charge is 0.439 e. The van der Waals surface area contributed by atoms with Gasteiger partial charge in [0.05, 0.1) is 10.6 Å². The summed E-state index contributed by atoms with van der Waals surface area (Å²) >= 11 is 0.835. The number of hydrogen-bond acceptors (Lipinski definition) is 8. The van der Waals surface area contributed by atoms with E-state index >= 15 is 0 Å². The molecule has 1 spiro atoms. The van der Waals surface area contributed by atoms with Gasteiger partial charge in [-0.05, 0) is 42.1 Å². The molecule has 0 unspecified atom stereocenters. The minimum atomic E-state index is -0.448. The van der Waals surface area contributed by atoms with Gasteiger partial charge in [0.15, 0.2) is 0 Å². The number of rotatable bonds is 5. The molecule has 3 saturated heterocycles. The van der Waals surface area contributed by atoms with Crippen molar-refractivity contribution < 1.29 is 19.1 Å². The topological polar surface area (TPSA) is 105 Å². The maximum Gasteiger partial charge on any atom is 0.290 e. The molecule has 4 heterocycles. The Hall–Kier alpha value is -4.18. The molecule has 180 valence electrons. The SMILES string of the molecule is O=C1NC(=O)/C(=C/c2cc(Oc3ccccc3)nc(N3CC4(CN(C(=O)c5ccccc5)C4)C3)n2)S1. The van der Waals surface area contributed by atoms with E-state index < -0.39 is 11.1 Å². The summed E-state index contributed by atoms with van der Waals surface area (Å²) in [7, 11) is 0. The summed E-state index contributed by atoms with van der Waals surface area (Å²) in [4.78, 5) is 49.7. The second kappa shape index (κ2) is 8.80.